The zero-order valence-corrected chi connectivity index (χ0v) is 24.9. The van der Waals surface area contributed by atoms with E-state index in [1.807, 2.05) is 36.4 Å². The normalized spacial score (nSPS) is 23.8. The number of benzene rings is 3. The monoisotopic (exact) mass is 615 g/mol. The van der Waals surface area contributed by atoms with E-state index >= 15 is 0 Å². The molecule has 230 valence electrons. The number of carbonyl (C=O) groups is 4. The van der Waals surface area contributed by atoms with Gasteiger partial charge in [0.15, 0.2) is 11.6 Å². The maximum atomic E-state index is 14.1. The zero-order valence-electron chi connectivity index (χ0n) is 24.9. The molecule has 3 N–H and O–H groups in total. The first-order valence-electron chi connectivity index (χ1n) is 15.2. The third-order valence-electron chi connectivity index (χ3n) is 9.55. The predicted molar refractivity (Wildman–Crippen MR) is 169 cm³/mol. The molecule has 0 unspecified atom stereocenters. The average Bonchev–Trinajstić information content (AvgIpc) is 3.31. The summed E-state index contributed by atoms with van der Waals surface area (Å²) >= 11 is 0. The molecule has 46 heavy (non-hydrogen) atoms. The van der Waals surface area contributed by atoms with Crippen LogP contribution in [-0.4, -0.2) is 45.7 Å². The number of allylic oxidation sites excluding steroid dienone is 6. The molecule has 4 aliphatic rings. The van der Waals surface area contributed by atoms with Crippen molar-refractivity contribution in [1.29, 1.82) is 0 Å². The number of imide groups is 1. The van der Waals surface area contributed by atoms with Crippen molar-refractivity contribution in [2.75, 3.05) is 4.90 Å². The molecule has 4 atom stereocenters. The van der Waals surface area contributed by atoms with Crippen LogP contribution in [0.5, 0.6) is 11.5 Å². The minimum atomic E-state index is -1.78. The Bertz CT molecular complexity index is 1910. The third kappa shape index (κ3) is 4.81. The highest BCUT2D eigenvalue weighted by atomic mass is 16.5. The van der Waals surface area contributed by atoms with Crippen molar-refractivity contribution in [3.8, 4) is 11.5 Å². The summed E-state index contributed by atoms with van der Waals surface area (Å²) in [7, 11) is -1.78. The molecule has 3 aliphatic carbocycles. The molecule has 2 amide bonds. The fourth-order valence-electron chi connectivity index (χ4n) is 7.41. The molecular formula is C36H30BNO8. The van der Waals surface area contributed by atoms with E-state index in [9.17, 15) is 34.3 Å². The number of Topliss-reactive ketones (excluding diaryl/α,β-unsaturated/α-hetero) is 1. The highest BCUT2D eigenvalue weighted by molar-refractivity contribution is 6.58. The number of ketones is 2. The van der Waals surface area contributed by atoms with E-state index in [0.717, 1.165) is 10.5 Å². The molecule has 0 saturated carbocycles. The lowest BCUT2D eigenvalue weighted by Crippen LogP contribution is -2.40. The van der Waals surface area contributed by atoms with Crippen LogP contribution < -0.4 is 15.1 Å². The van der Waals surface area contributed by atoms with Gasteiger partial charge in [-0.25, -0.2) is 0 Å². The van der Waals surface area contributed by atoms with Gasteiger partial charge in [0.1, 0.15) is 18.1 Å². The van der Waals surface area contributed by atoms with Crippen LogP contribution in [0.4, 0.5) is 5.69 Å². The molecule has 1 fully saturated rings. The van der Waals surface area contributed by atoms with Crippen LogP contribution in [-0.2, 0) is 25.8 Å². The average molecular weight is 615 g/mol. The Morgan fingerprint density at radius 3 is 2.43 bits per heavy atom. The van der Waals surface area contributed by atoms with Crippen molar-refractivity contribution in [3.05, 3.63) is 118 Å². The largest absolute Gasteiger partial charge is 0.507 e. The van der Waals surface area contributed by atoms with Crippen molar-refractivity contribution >= 4 is 41.6 Å². The summed E-state index contributed by atoms with van der Waals surface area (Å²) in [5, 5.41) is 30.7. The van der Waals surface area contributed by atoms with Gasteiger partial charge in [-0.05, 0) is 61.0 Å². The summed E-state index contributed by atoms with van der Waals surface area (Å²) in [6.07, 6.45) is 3.54. The van der Waals surface area contributed by atoms with Crippen LogP contribution in [0.2, 0.25) is 0 Å². The van der Waals surface area contributed by atoms with Crippen molar-refractivity contribution in [1.82, 2.24) is 0 Å². The molecule has 0 radical (unpaired) electrons. The second-order valence-electron chi connectivity index (χ2n) is 12.2. The number of carbonyl (C=O) groups excluding carboxylic acids is 4. The summed E-state index contributed by atoms with van der Waals surface area (Å²) in [6, 6.07) is 20.4. The lowest BCUT2D eigenvalue weighted by atomic mass is 9.59. The number of nitrogens with zero attached hydrogens (tertiary/aromatic N) is 1. The molecule has 1 heterocycles. The second kappa shape index (κ2) is 11.4. The summed E-state index contributed by atoms with van der Waals surface area (Å²) in [5.41, 5.74) is 3.32. The van der Waals surface area contributed by atoms with Gasteiger partial charge >= 0.3 is 7.12 Å². The number of amides is 2. The van der Waals surface area contributed by atoms with Crippen LogP contribution in [0.15, 0.2) is 107 Å². The minimum Gasteiger partial charge on any atom is -0.507 e. The first-order chi connectivity index (χ1) is 22.1. The van der Waals surface area contributed by atoms with Gasteiger partial charge in [-0.3, -0.25) is 24.1 Å². The molecule has 0 bridgehead atoms. The van der Waals surface area contributed by atoms with Crippen molar-refractivity contribution < 1.29 is 39.1 Å². The van der Waals surface area contributed by atoms with Gasteiger partial charge in [0.05, 0.1) is 17.5 Å². The number of hydrogen-bond donors (Lipinski definition) is 3. The molecule has 1 saturated heterocycles. The Kier molecular flexibility index (Phi) is 7.34. The maximum Gasteiger partial charge on any atom is 0.488 e. The minimum absolute atomic E-state index is 0.107. The molecule has 3 aromatic rings. The van der Waals surface area contributed by atoms with E-state index < -0.39 is 42.6 Å². The summed E-state index contributed by atoms with van der Waals surface area (Å²) in [5.74, 6) is -4.05. The Labute approximate surface area is 265 Å². The van der Waals surface area contributed by atoms with E-state index in [2.05, 4.69) is 0 Å². The third-order valence-corrected chi connectivity index (χ3v) is 9.55. The van der Waals surface area contributed by atoms with E-state index in [4.69, 9.17) is 4.74 Å². The standard InChI is InChI=1S/C36H30BNO8/c1-19-14-30(40)33-28(34(19)41)17-27-24(31(33)25-11-10-23(16-29(25)39)46-18-20-6-3-2-4-7-20)12-13-26-32(27)36(43)38(35(26)42)22-9-5-8-21(15-22)37(44)45/h2-12,14-16,26-27,31-32,39,44-45H,13,17-18H2,1H3/t26-,27+,31+,32-/m0/s1. The summed E-state index contributed by atoms with van der Waals surface area (Å²) in [4.78, 5) is 56.0. The molecule has 10 heteroatoms. The van der Waals surface area contributed by atoms with E-state index in [1.165, 1.54) is 24.3 Å². The van der Waals surface area contributed by atoms with Gasteiger partial charge in [0.25, 0.3) is 0 Å². The zero-order chi connectivity index (χ0) is 32.3. The van der Waals surface area contributed by atoms with Crippen LogP contribution in [0.1, 0.15) is 36.8 Å². The van der Waals surface area contributed by atoms with Crippen LogP contribution in [0.3, 0.4) is 0 Å². The SMILES string of the molecule is CC1=CC(=O)C2=C(C[C@@H]3C(=CC[C@@H]4C(=O)N(c5cccc(B(O)O)c5)C(=O)[C@@H]43)[C@@H]2c2ccc(OCc3ccccc3)cc2O)C1=O. The van der Waals surface area contributed by atoms with E-state index in [1.54, 1.807) is 31.2 Å². The second-order valence-corrected chi connectivity index (χ2v) is 12.2. The topological polar surface area (TPSA) is 141 Å². The lowest BCUT2D eigenvalue weighted by molar-refractivity contribution is -0.123. The Morgan fingerprint density at radius 1 is 0.913 bits per heavy atom. The Hall–Kier alpha value is -5.06. The Morgan fingerprint density at radius 2 is 1.70 bits per heavy atom. The Balaban J connectivity index is 1.28. The molecule has 3 aromatic carbocycles. The lowest BCUT2D eigenvalue weighted by Gasteiger charge is -2.42. The van der Waals surface area contributed by atoms with Gasteiger partial charge in [-0.15, -0.1) is 0 Å². The fourth-order valence-corrected chi connectivity index (χ4v) is 7.41. The van der Waals surface area contributed by atoms with Crippen molar-refractivity contribution in [2.24, 2.45) is 17.8 Å². The molecule has 1 aliphatic heterocycles. The number of anilines is 1. The van der Waals surface area contributed by atoms with E-state index in [0.29, 0.717) is 34.6 Å². The molecular weight excluding hydrogens is 585 g/mol. The number of phenols is 1. The van der Waals surface area contributed by atoms with Gasteiger partial charge in [-0.1, -0.05) is 60.2 Å². The van der Waals surface area contributed by atoms with Gasteiger partial charge < -0.3 is 19.9 Å². The predicted octanol–water partition coefficient (Wildman–Crippen LogP) is 3.29. The van der Waals surface area contributed by atoms with Crippen LogP contribution in [0.25, 0.3) is 0 Å². The molecule has 7 rings (SSSR count). The fraction of sp³-hybridized carbons (Fsp3) is 0.222. The number of hydrogen-bond acceptors (Lipinski definition) is 8. The number of ether oxygens (including phenoxy) is 1. The van der Waals surface area contributed by atoms with Crippen molar-refractivity contribution in [3.63, 3.8) is 0 Å². The van der Waals surface area contributed by atoms with Crippen LogP contribution >= 0.6 is 0 Å². The number of phenolic OH excluding ortho intramolecular Hbond substituents is 1. The highest BCUT2D eigenvalue weighted by Gasteiger charge is 2.56. The van der Waals surface area contributed by atoms with Gasteiger partial charge in [0, 0.05) is 34.3 Å². The van der Waals surface area contributed by atoms with Crippen molar-refractivity contribution in [2.45, 2.75) is 32.3 Å². The van der Waals surface area contributed by atoms with Gasteiger partial charge in [0.2, 0.25) is 11.8 Å². The first kappa shape index (κ1) is 29.6. The molecule has 9 nitrogen and oxygen atoms in total. The van der Waals surface area contributed by atoms with E-state index in [-0.39, 0.29) is 46.9 Å². The highest BCUT2D eigenvalue weighted by Crippen LogP contribution is 2.56. The van der Waals surface area contributed by atoms with Crippen LogP contribution in [0, 0.1) is 17.8 Å². The maximum absolute atomic E-state index is 14.1. The molecule has 0 spiro atoms. The van der Waals surface area contributed by atoms with Gasteiger partial charge in [-0.2, -0.15) is 0 Å². The number of rotatable bonds is 6. The summed E-state index contributed by atoms with van der Waals surface area (Å²) in [6.45, 7) is 1.87. The quantitative estimate of drug-likeness (QED) is 0.166. The first-order valence-corrected chi connectivity index (χ1v) is 15.2. The number of aromatic hydroxyl groups is 1. The molecule has 0 aromatic heterocycles. The number of fused-ring (bicyclic) bond motifs is 3. The summed E-state index contributed by atoms with van der Waals surface area (Å²) < 4.78 is 5.90. The smallest absolute Gasteiger partial charge is 0.488 e.